The molecule has 1 amide bonds. The average Bonchev–Trinajstić information content (AvgIpc) is 3.12. The fourth-order valence-corrected chi connectivity index (χ4v) is 5.27. The third-order valence-electron chi connectivity index (χ3n) is 7.69. The number of rotatable bonds is 6. The first-order chi connectivity index (χ1) is 15.8. The summed E-state index contributed by atoms with van der Waals surface area (Å²) in [7, 11) is 0. The number of benzene rings is 1. The van der Waals surface area contributed by atoms with Crippen molar-refractivity contribution in [2.24, 2.45) is 17.1 Å². The fraction of sp³-hybridized carbons (Fsp3) is 0.680. The maximum Gasteiger partial charge on any atom is 0.312 e. The average molecular weight is 461 g/mol. The number of hydrogen-bond donors (Lipinski definition) is 1. The van der Waals surface area contributed by atoms with E-state index in [9.17, 15) is 14.0 Å². The molecule has 3 fully saturated rings. The summed E-state index contributed by atoms with van der Waals surface area (Å²) in [5.74, 6) is -0.208. The number of carbonyl (C=O) groups is 2. The molecule has 0 aromatic heterocycles. The van der Waals surface area contributed by atoms with Crippen molar-refractivity contribution < 1.29 is 18.7 Å². The number of halogens is 1. The lowest BCUT2D eigenvalue weighted by Crippen LogP contribution is -2.51. The lowest BCUT2D eigenvalue weighted by molar-refractivity contribution is -0.153. The van der Waals surface area contributed by atoms with Crippen molar-refractivity contribution >= 4 is 17.6 Å². The number of likely N-dealkylation sites (tertiary alicyclic amines) is 1. The summed E-state index contributed by atoms with van der Waals surface area (Å²) >= 11 is 0. The lowest BCUT2D eigenvalue weighted by Gasteiger charge is -2.38. The minimum absolute atomic E-state index is 0.0115. The number of nitrogens with two attached hydrogens (primary N) is 1. The topological polar surface area (TPSA) is 79.1 Å². The molecule has 8 heteroatoms. The van der Waals surface area contributed by atoms with Crippen LogP contribution in [0.5, 0.6) is 0 Å². The third kappa shape index (κ3) is 5.32. The molecule has 2 atom stereocenters. The van der Waals surface area contributed by atoms with E-state index < -0.39 is 11.5 Å². The summed E-state index contributed by atoms with van der Waals surface area (Å²) in [6.07, 6.45) is 2.86. The minimum atomic E-state index is -0.481. The van der Waals surface area contributed by atoms with Gasteiger partial charge in [0, 0.05) is 57.9 Å². The van der Waals surface area contributed by atoms with E-state index in [-0.39, 0.29) is 29.7 Å². The van der Waals surface area contributed by atoms with Crippen LogP contribution in [0, 0.1) is 17.2 Å². The summed E-state index contributed by atoms with van der Waals surface area (Å²) in [6, 6.07) is 6.19. The Balaban J connectivity index is 1.21. The smallest absolute Gasteiger partial charge is 0.312 e. The first-order valence-corrected chi connectivity index (χ1v) is 12.3. The van der Waals surface area contributed by atoms with Gasteiger partial charge in [-0.1, -0.05) is 13.8 Å². The van der Waals surface area contributed by atoms with E-state index >= 15 is 0 Å². The van der Waals surface area contributed by atoms with E-state index in [0.29, 0.717) is 25.9 Å². The van der Waals surface area contributed by atoms with E-state index in [2.05, 4.69) is 9.80 Å². The molecule has 3 aliphatic rings. The highest BCUT2D eigenvalue weighted by Gasteiger charge is 2.50. The number of carbonyl (C=O) groups excluding carboxylic acids is 2. The molecular formula is C25H37FN4O3. The molecule has 1 aromatic carbocycles. The Labute approximate surface area is 196 Å². The normalized spacial score (nSPS) is 24.4. The second kappa shape index (κ2) is 9.97. The van der Waals surface area contributed by atoms with Crippen molar-refractivity contribution in [3.05, 3.63) is 30.1 Å². The number of anilines is 1. The summed E-state index contributed by atoms with van der Waals surface area (Å²) in [4.78, 5) is 31.8. The molecule has 7 nitrogen and oxygen atoms in total. The van der Waals surface area contributed by atoms with Crippen molar-refractivity contribution in [3.8, 4) is 0 Å². The van der Waals surface area contributed by atoms with Gasteiger partial charge in [0.05, 0.1) is 11.5 Å². The van der Waals surface area contributed by atoms with Crippen molar-refractivity contribution in [3.63, 3.8) is 0 Å². The Hall–Kier alpha value is -2.19. The number of esters is 1. The van der Waals surface area contributed by atoms with Gasteiger partial charge in [-0.25, -0.2) is 4.39 Å². The highest BCUT2D eigenvalue weighted by Crippen LogP contribution is 2.44. The van der Waals surface area contributed by atoms with Crippen LogP contribution in [0.3, 0.4) is 0 Å². The van der Waals surface area contributed by atoms with Gasteiger partial charge in [0.2, 0.25) is 5.91 Å². The Morgan fingerprint density at radius 2 is 1.76 bits per heavy atom. The van der Waals surface area contributed by atoms with E-state index in [1.807, 2.05) is 30.9 Å². The molecule has 0 unspecified atom stereocenters. The van der Waals surface area contributed by atoms with Crippen LogP contribution in [0.4, 0.5) is 10.1 Å². The number of amides is 1. The molecule has 3 saturated heterocycles. The molecular weight excluding hydrogens is 423 g/mol. The van der Waals surface area contributed by atoms with Gasteiger partial charge >= 0.3 is 5.97 Å². The maximum absolute atomic E-state index is 13.2. The van der Waals surface area contributed by atoms with Gasteiger partial charge in [-0.15, -0.1) is 0 Å². The van der Waals surface area contributed by atoms with E-state index in [1.165, 1.54) is 12.1 Å². The van der Waals surface area contributed by atoms with Crippen LogP contribution in [0.1, 0.15) is 39.5 Å². The van der Waals surface area contributed by atoms with E-state index in [0.717, 1.165) is 51.3 Å². The van der Waals surface area contributed by atoms with Gasteiger partial charge in [0.25, 0.3) is 0 Å². The zero-order valence-electron chi connectivity index (χ0n) is 19.8. The molecule has 0 saturated carbocycles. The number of nitrogens with zero attached hydrogens (tertiary/aromatic N) is 3. The van der Waals surface area contributed by atoms with Gasteiger partial charge in [-0.2, -0.15) is 0 Å². The van der Waals surface area contributed by atoms with Crippen LogP contribution in [0.15, 0.2) is 24.3 Å². The largest absolute Gasteiger partial charge is 0.462 e. The molecule has 4 rings (SSSR count). The van der Waals surface area contributed by atoms with Gasteiger partial charge in [0.15, 0.2) is 0 Å². The number of hydrogen-bond acceptors (Lipinski definition) is 6. The summed E-state index contributed by atoms with van der Waals surface area (Å²) in [5.41, 5.74) is 6.66. The molecule has 1 aromatic rings. The van der Waals surface area contributed by atoms with Crippen molar-refractivity contribution in [2.75, 3.05) is 50.7 Å². The molecule has 33 heavy (non-hydrogen) atoms. The van der Waals surface area contributed by atoms with Gasteiger partial charge in [0.1, 0.15) is 11.9 Å². The number of piperidine rings is 1. The van der Waals surface area contributed by atoms with Crippen molar-refractivity contribution in [2.45, 2.75) is 51.7 Å². The standard InChI is InChI=1S/C25H37FN4O3/c1-18(2)22(27)23(31)30-11-8-25(9-12-30)17-21(33-24(25)32)7-10-28-13-15-29(16-14-28)20-5-3-19(26)4-6-20/h3-6,18,21-22H,7-17,27H2,1-2H3/t21-,22-/m0/s1. The van der Waals surface area contributed by atoms with Crippen LogP contribution in [-0.4, -0.2) is 79.6 Å². The summed E-state index contributed by atoms with van der Waals surface area (Å²) in [6.45, 7) is 9.65. The summed E-state index contributed by atoms with van der Waals surface area (Å²) < 4.78 is 18.9. The van der Waals surface area contributed by atoms with E-state index in [4.69, 9.17) is 10.5 Å². The predicted molar refractivity (Wildman–Crippen MR) is 125 cm³/mol. The molecule has 182 valence electrons. The molecule has 3 aliphatic heterocycles. The highest BCUT2D eigenvalue weighted by molar-refractivity contribution is 5.83. The first-order valence-electron chi connectivity index (χ1n) is 12.3. The van der Waals surface area contributed by atoms with Crippen LogP contribution in [0.2, 0.25) is 0 Å². The molecule has 2 N–H and O–H groups in total. The van der Waals surface area contributed by atoms with Crippen molar-refractivity contribution in [1.29, 1.82) is 0 Å². The zero-order chi connectivity index (χ0) is 23.6. The third-order valence-corrected chi connectivity index (χ3v) is 7.69. The highest BCUT2D eigenvalue weighted by atomic mass is 19.1. The van der Waals surface area contributed by atoms with Crippen LogP contribution in [0.25, 0.3) is 0 Å². The SMILES string of the molecule is CC(C)[C@H](N)C(=O)N1CCC2(CC1)C[C@H](CCN1CCN(c3ccc(F)cc3)CC1)OC2=O. The quantitative estimate of drug-likeness (QED) is 0.656. The minimum Gasteiger partial charge on any atom is -0.462 e. The Bertz CT molecular complexity index is 831. The molecule has 0 bridgehead atoms. The second-order valence-electron chi connectivity index (χ2n) is 10.2. The lowest BCUT2D eigenvalue weighted by atomic mass is 9.75. The van der Waals surface area contributed by atoms with Gasteiger partial charge in [-0.3, -0.25) is 14.5 Å². The van der Waals surface area contributed by atoms with Crippen LogP contribution < -0.4 is 10.6 Å². The Kier molecular flexibility index (Phi) is 7.24. The summed E-state index contributed by atoms with van der Waals surface area (Å²) in [5, 5.41) is 0. The predicted octanol–water partition coefficient (Wildman–Crippen LogP) is 2.25. The first kappa shape index (κ1) is 24.0. The number of piperazine rings is 1. The maximum atomic E-state index is 13.2. The number of cyclic esters (lactones) is 1. The van der Waals surface area contributed by atoms with E-state index in [1.54, 1.807) is 0 Å². The number of ether oxygens (including phenoxy) is 1. The van der Waals surface area contributed by atoms with Gasteiger partial charge < -0.3 is 20.3 Å². The molecule has 1 spiro atoms. The Morgan fingerprint density at radius 1 is 1.12 bits per heavy atom. The molecule has 0 radical (unpaired) electrons. The van der Waals surface area contributed by atoms with Crippen molar-refractivity contribution in [1.82, 2.24) is 9.80 Å². The molecule has 0 aliphatic carbocycles. The van der Waals surface area contributed by atoms with Crippen LogP contribution >= 0.6 is 0 Å². The Morgan fingerprint density at radius 3 is 2.36 bits per heavy atom. The molecule has 3 heterocycles. The monoisotopic (exact) mass is 460 g/mol. The fourth-order valence-electron chi connectivity index (χ4n) is 5.27. The van der Waals surface area contributed by atoms with Crippen LogP contribution in [-0.2, 0) is 14.3 Å². The second-order valence-corrected chi connectivity index (χ2v) is 10.2. The zero-order valence-corrected chi connectivity index (χ0v) is 19.8. The van der Waals surface area contributed by atoms with Gasteiger partial charge in [-0.05, 0) is 49.4 Å².